The molecule has 0 aliphatic carbocycles. The minimum Gasteiger partial charge on any atom is -0.363 e. The highest BCUT2D eigenvalue weighted by Crippen LogP contribution is 2.18. The standard InChI is InChI=1S/C17H18FN7/c1-3-4-12-8-15(25-17(22-12)20-10-21-25)19-9-16-23-13-7-11(18)5-6-14(13)24(16)2/h5-8,10,19H,3-4,9H2,1-2H3. The average molecular weight is 339 g/mol. The predicted octanol–water partition coefficient (Wildman–Crippen LogP) is 2.71. The van der Waals surface area contributed by atoms with Crippen LogP contribution in [0.15, 0.2) is 30.6 Å². The third-order valence-electron chi connectivity index (χ3n) is 4.17. The maximum Gasteiger partial charge on any atom is 0.254 e. The smallest absolute Gasteiger partial charge is 0.254 e. The van der Waals surface area contributed by atoms with E-state index in [9.17, 15) is 4.39 Å². The third kappa shape index (κ3) is 2.79. The molecule has 0 fully saturated rings. The van der Waals surface area contributed by atoms with Gasteiger partial charge in [-0.15, -0.1) is 0 Å². The third-order valence-corrected chi connectivity index (χ3v) is 4.17. The first-order chi connectivity index (χ1) is 12.2. The fraction of sp³-hybridized carbons (Fsp3) is 0.294. The summed E-state index contributed by atoms with van der Waals surface area (Å²) in [6, 6.07) is 6.61. The molecular weight excluding hydrogens is 321 g/mol. The van der Waals surface area contributed by atoms with Crippen molar-refractivity contribution in [3.63, 3.8) is 0 Å². The number of aromatic nitrogens is 6. The van der Waals surface area contributed by atoms with Gasteiger partial charge in [-0.05, 0) is 18.6 Å². The van der Waals surface area contributed by atoms with Gasteiger partial charge in [-0.3, -0.25) is 0 Å². The van der Waals surface area contributed by atoms with E-state index in [-0.39, 0.29) is 5.82 Å². The Morgan fingerprint density at radius 1 is 1.20 bits per heavy atom. The molecule has 0 spiro atoms. The summed E-state index contributed by atoms with van der Waals surface area (Å²) < 4.78 is 17.0. The molecule has 25 heavy (non-hydrogen) atoms. The van der Waals surface area contributed by atoms with E-state index < -0.39 is 0 Å². The Balaban J connectivity index is 1.66. The molecule has 0 unspecified atom stereocenters. The van der Waals surface area contributed by atoms with Crippen molar-refractivity contribution in [3.05, 3.63) is 47.9 Å². The van der Waals surface area contributed by atoms with Gasteiger partial charge in [0, 0.05) is 24.9 Å². The number of anilines is 1. The summed E-state index contributed by atoms with van der Waals surface area (Å²) in [4.78, 5) is 13.2. The van der Waals surface area contributed by atoms with Gasteiger partial charge in [-0.25, -0.2) is 14.4 Å². The molecule has 3 aromatic heterocycles. The zero-order valence-corrected chi connectivity index (χ0v) is 14.1. The Kier molecular flexibility index (Phi) is 3.79. The molecule has 0 aliphatic rings. The van der Waals surface area contributed by atoms with E-state index in [1.54, 1.807) is 10.6 Å². The molecular formula is C17H18FN7. The van der Waals surface area contributed by atoms with E-state index in [0.29, 0.717) is 17.8 Å². The molecule has 0 amide bonds. The molecule has 0 saturated carbocycles. The maximum atomic E-state index is 13.4. The van der Waals surface area contributed by atoms with E-state index in [4.69, 9.17) is 0 Å². The monoisotopic (exact) mass is 339 g/mol. The molecule has 1 N–H and O–H groups in total. The molecule has 1 aromatic carbocycles. The zero-order chi connectivity index (χ0) is 17.4. The lowest BCUT2D eigenvalue weighted by molar-refractivity contribution is 0.629. The number of imidazole rings is 1. The Hall–Kier alpha value is -3.03. The van der Waals surface area contributed by atoms with Crippen LogP contribution in [-0.2, 0) is 20.0 Å². The Bertz CT molecular complexity index is 1050. The summed E-state index contributed by atoms with van der Waals surface area (Å²) in [5.74, 6) is 1.90. The van der Waals surface area contributed by atoms with Crippen molar-refractivity contribution < 1.29 is 4.39 Å². The number of benzene rings is 1. The first kappa shape index (κ1) is 15.5. The Morgan fingerprint density at radius 3 is 2.92 bits per heavy atom. The van der Waals surface area contributed by atoms with Crippen LogP contribution in [0.3, 0.4) is 0 Å². The number of fused-ring (bicyclic) bond motifs is 2. The number of hydrogen-bond acceptors (Lipinski definition) is 5. The van der Waals surface area contributed by atoms with E-state index in [1.165, 1.54) is 18.5 Å². The van der Waals surface area contributed by atoms with Crippen LogP contribution in [0.4, 0.5) is 10.2 Å². The van der Waals surface area contributed by atoms with Gasteiger partial charge in [-0.2, -0.15) is 14.6 Å². The Morgan fingerprint density at radius 2 is 2.08 bits per heavy atom. The molecule has 4 rings (SSSR count). The number of aryl methyl sites for hydroxylation is 2. The lowest BCUT2D eigenvalue weighted by Gasteiger charge is -2.09. The van der Waals surface area contributed by atoms with Crippen molar-refractivity contribution in [3.8, 4) is 0 Å². The van der Waals surface area contributed by atoms with Crippen molar-refractivity contribution in [1.29, 1.82) is 0 Å². The Labute approximate surface area is 143 Å². The molecule has 0 radical (unpaired) electrons. The minimum atomic E-state index is -0.284. The maximum absolute atomic E-state index is 13.4. The highest BCUT2D eigenvalue weighted by molar-refractivity contribution is 5.76. The van der Waals surface area contributed by atoms with Crippen molar-refractivity contribution in [2.75, 3.05) is 5.32 Å². The van der Waals surface area contributed by atoms with E-state index in [2.05, 4.69) is 32.3 Å². The number of rotatable bonds is 5. The molecule has 4 aromatic rings. The number of nitrogens with one attached hydrogen (secondary N) is 1. The summed E-state index contributed by atoms with van der Waals surface area (Å²) in [5.41, 5.74) is 2.51. The topological polar surface area (TPSA) is 72.9 Å². The summed E-state index contributed by atoms with van der Waals surface area (Å²) in [6.45, 7) is 2.60. The largest absolute Gasteiger partial charge is 0.363 e. The fourth-order valence-electron chi connectivity index (χ4n) is 2.92. The van der Waals surface area contributed by atoms with Gasteiger partial charge in [0.2, 0.25) is 0 Å². The molecule has 7 nitrogen and oxygen atoms in total. The average Bonchev–Trinajstić information content (AvgIpc) is 3.17. The molecule has 3 heterocycles. The number of nitrogens with zero attached hydrogens (tertiary/aromatic N) is 6. The lowest BCUT2D eigenvalue weighted by atomic mass is 10.2. The zero-order valence-electron chi connectivity index (χ0n) is 14.1. The van der Waals surface area contributed by atoms with Gasteiger partial charge in [0.1, 0.15) is 23.8 Å². The van der Waals surface area contributed by atoms with Crippen molar-refractivity contribution in [1.82, 2.24) is 29.1 Å². The molecule has 128 valence electrons. The van der Waals surface area contributed by atoms with E-state index >= 15 is 0 Å². The van der Waals surface area contributed by atoms with Gasteiger partial charge < -0.3 is 9.88 Å². The summed E-state index contributed by atoms with van der Waals surface area (Å²) in [5, 5.41) is 7.56. The fourth-order valence-corrected chi connectivity index (χ4v) is 2.92. The van der Waals surface area contributed by atoms with Gasteiger partial charge in [0.05, 0.1) is 17.6 Å². The van der Waals surface area contributed by atoms with Crippen LogP contribution in [0, 0.1) is 5.82 Å². The van der Waals surface area contributed by atoms with Crippen molar-refractivity contribution in [2.45, 2.75) is 26.3 Å². The number of hydrogen-bond donors (Lipinski definition) is 1. The quantitative estimate of drug-likeness (QED) is 0.605. The van der Waals surface area contributed by atoms with Crippen LogP contribution >= 0.6 is 0 Å². The summed E-state index contributed by atoms with van der Waals surface area (Å²) in [7, 11) is 1.92. The minimum absolute atomic E-state index is 0.284. The first-order valence-corrected chi connectivity index (χ1v) is 8.20. The second kappa shape index (κ2) is 6.12. The molecule has 0 bridgehead atoms. The van der Waals surface area contributed by atoms with Gasteiger partial charge in [-0.1, -0.05) is 13.3 Å². The van der Waals surface area contributed by atoms with Crippen molar-refractivity contribution >= 4 is 22.6 Å². The highest BCUT2D eigenvalue weighted by Gasteiger charge is 2.11. The SMILES string of the molecule is CCCc1cc(NCc2nc3cc(F)ccc3n2C)n2ncnc2n1. The van der Waals surface area contributed by atoms with Crippen LogP contribution in [-0.4, -0.2) is 29.1 Å². The highest BCUT2D eigenvalue weighted by atomic mass is 19.1. The first-order valence-electron chi connectivity index (χ1n) is 8.20. The summed E-state index contributed by atoms with van der Waals surface area (Å²) in [6.07, 6.45) is 3.37. The second-order valence-corrected chi connectivity index (χ2v) is 5.93. The van der Waals surface area contributed by atoms with Crippen LogP contribution in [0.2, 0.25) is 0 Å². The molecule has 0 atom stereocenters. The number of halogens is 1. The summed E-state index contributed by atoms with van der Waals surface area (Å²) >= 11 is 0. The molecule has 0 aliphatic heterocycles. The van der Waals surface area contributed by atoms with Crippen LogP contribution < -0.4 is 5.32 Å². The van der Waals surface area contributed by atoms with Gasteiger partial charge in [0.25, 0.3) is 5.78 Å². The van der Waals surface area contributed by atoms with Gasteiger partial charge >= 0.3 is 0 Å². The van der Waals surface area contributed by atoms with Crippen molar-refractivity contribution in [2.24, 2.45) is 7.05 Å². The van der Waals surface area contributed by atoms with E-state index in [0.717, 1.165) is 35.7 Å². The lowest BCUT2D eigenvalue weighted by Crippen LogP contribution is -2.10. The van der Waals surface area contributed by atoms with Crippen LogP contribution in [0.1, 0.15) is 24.9 Å². The predicted molar refractivity (Wildman–Crippen MR) is 92.8 cm³/mol. The van der Waals surface area contributed by atoms with E-state index in [1.807, 2.05) is 17.7 Å². The van der Waals surface area contributed by atoms with Crippen LogP contribution in [0.5, 0.6) is 0 Å². The van der Waals surface area contributed by atoms with Crippen LogP contribution in [0.25, 0.3) is 16.8 Å². The normalized spacial score (nSPS) is 11.5. The molecule has 8 heteroatoms. The second-order valence-electron chi connectivity index (χ2n) is 5.93. The van der Waals surface area contributed by atoms with Gasteiger partial charge in [0.15, 0.2) is 0 Å². The molecule has 0 saturated heterocycles.